The molecule has 0 atom stereocenters. The minimum absolute atomic E-state index is 0.0214. The molecule has 0 saturated carbocycles. The highest BCUT2D eigenvalue weighted by Gasteiger charge is 2.20. The van der Waals surface area contributed by atoms with Gasteiger partial charge in [0.2, 0.25) is 15.8 Å². The summed E-state index contributed by atoms with van der Waals surface area (Å²) in [7, 11) is -3.78. The maximum absolute atomic E-state index is 13.8. The molecule has 5 N–H and O–H groups in total. The fraction of sp³-hybridized carbons (Fsp3) is 0. The maximum Gasteiger partial charge on any atom is 0.238 e. The van der Waals surface area contributed by atoms with Crippen LogP contribution in [0.25, 0.3) is 0 Å². The third-order valence-corrected chi connectivity index (χ3v) is 5.33. The van der Waals surface area contributed by atoms with Crippen molar-refractivity contribution in [1.29, 1.82) is 0 Å². The van der Waals surface area contributed by atoms with Crippen LogP contribution < -0.4 is 16.2 Å². The molecule has 26 heavy (non-hydrogen) atoms. The summed E-state index contributed by atoms with van der Waals surface area (Å²) < 4.78 is 36.3. The summed E-state index contributed by atoms with van der Waals surface area (Å²) in [4.78, 5) is 16.6. The third kappa shape index (κ3) is 3.72. The van der Waals surface area contributed by atoms with Crippen LogP contribution in [-0.4, -0.2) is 19.2 Å². The zero-order chi connectivity index (χ0) is 18.9. The summed E-state index contributed by atoms with van der Waals surface area (Å²) in [5, 5.41) is 8.26. The van der Waals surface area contributed by atoms with Crippen LogP contribution in [0.5, 0.6) is 0 Å². The molecular weight excluding hydrogens is 379 g/mol. The van der Waals surface area contributed by atoms with Crippen LogP contribution in [-0.2, 0) is 10.0 Å². The Balaban J connectivity index is 1.85. The number of ketones is 1. The number of nitrogen functional groups attached to an aromatic ring is 1. The Bertz CT molecular complexity index is 1080. The average Bonchev–Trinajstić information content (AvgIpc) is 2.94. The van der Waals surface area contributed by atoms with E-state index in [-0.39, 0.29) is 21.2 Å². The highest BCUT2D eigenvalue weighted by atomic mass is 32.2. The van der Waals surface area contributed by atoms with Gasteiger partial charge in [-0.3, -0.25) is 4.79 Å². The van der Waals surface area contributed by atoms with Gasteiger partial charge in [0, 0.05) is 5.69 Å². The number of nitrogens with one attached hydrogen (secondary N) is 1. The first-order valence-electron chi connectivity index (χ1n) is 7.21. The van der Waals surface area contributed by atoms with E-state index in [1.165, 1.54) is 42.5 Å². The van der Waals surface area contributed by atoms with Crippen molar-refractivity contribution in [2.24, 2.45) is 5.14 Å². The van der Waals surface area contributed by atoms with E-state index in [1.807, 2.05) is 0 Å². The van der Waals surface area contributed by atoms with E-state index in [4.69, 9.17) is 10.9 Å². The number of nitrogens with two attached hydrogens (primary N) is 2. The zero-order valence-corrected chi connectivity index (χ0v) is 14.8. The van der Waals surface area contributed by atoms with E-state index in [2.05, 4.69) is 10.3 Å². The zero-order valence-electron chi connectivity index (χ0n) is 13.1. The molecule has 1 aromatic heterocycles. The van der Waals surface area contributed by atoms with E-state index in [0.717, 1.165) is 11.3 Å². The van der Waals surface area contributed by atoms with Gasteiger partial charge in [-0.2, -0.15) is 0 Å². The lowest BCUT2D eigenvalue weighted by atomic mass is 10.1. The third-order valence-electron chi connectivity index (χ3n) is 3.41. The number of halogens is 1. The number of nitrogens with zero attached hydrogens (tertiary/aromatic N) is 1. The standard InChI is InChI=1S/C16H13FN4O3S2/c17-12-4-2-1-3-11(12)13(22)14-15(18)21-16(25-14)20-9-5-7-10(8-6-9)26(19,23)24/h1-8H,18H2,(H,20,21)(H2,19,23,24). The number of thiazole rings is 1. The number of carbonyl (C=O) groups is 1. The van der Waals surface area contributed by atoms with Crippen molar-refractivity contribution in [1.82, 2.24) is 4.98 Å². The molecule has 0 unspecified atom stereocenters. The number of rotatable bonds is 5. The monoisotopic (exact) mass is 392 g/mol. The van der Waals surface area contributed by atoms with Gasteiger partial charge >= 0.3 is 0 Å². The topological polar surface area (TPSA) is 128 Å². The molecule has 0 aliphatic carbocycles. The summed E-state index contributed by atoms with van der Waals surface area (Å²) in [6.07, 6.45) is 0. The largest absolute Gasteiger partial charge is 0.382 e. The van der Waals surface area contributed by atoms with Crippen molar-refractivity contribution >= 4 is 43.8 Å². The number of aromatic nitrogens is 1. The highest BCUT2D eigenvalue weighted by molar-refractivity contribution is 7.89. The average molecular weight is 392 g/mol. The van der Waals surface area contributed by atoms with Crippen LogP contribution in [0.2, 0.25) is 0 Å². The van der Waals surface area contributed by atoms with Gasteiger partial charge in [-0.25, -0.2) is 22.9 Å². The van der Waals surface area contributed by atoms with Gasteiger partial charge < -0.3 is 11.1 Å². The molecule has 0 aliphatic heterocycles. The molecular formula is C16H13FN4O3S2. The van der Waals surface area contributed by atoms with Gasteiger partial charge in [0.05, 0.1) is 10.5 Å². The molecule has 0 spiro atoms. The molecule has 0 bridgehead atoms. The van der Waals surface area contributed by atoms with Crippen LogP contribution in [0.15, 0.2) is 53.4 Å². The summed E-state index contributed by atoms with van der Waals surface area (Å²) in [6, 6.07) is 11.3. The summed E-state index contributed by atoms with van der Waals surface area (Å²) >= 11 is 0.969. The Morgan fingerprint density at radius 1 is 1.12 bits per heavy atom. The molecule has 10 heteroatoms. The minimum Gasteiger partial charge on any atom is -0.382 e. The minimum atomic E-state index is -3.78. The van der Waals surface area contributed by atoms with Crippen molar-refractivity contribution in [3.8, 4) is 0 Å². The van der Waals surface area contributed by atoms with Gasteiger partial charge in [0.25, 0.3) is 0 Å². The predicted molar refractivity (Wildman–Crippen MR) is 97.5 cm³/mol. The fourth-order valence-corrected chi connectivity index (χ4v) is 3.54. The van der Waals surface area contributed by atoms with Gasteiger partial charge in [0.1, 0.15) is 16.5 Å². The van der Waals surface area contributed by atoms with E-state index in [9.17, 15) is 17.6 Å². The van der Waals surface area contributed by atoms with E-state index in [1.54, 1.807) is 6.07 Å². The van der Waals surface area contributed by atoms with Crippen LogP contribution >= 0.6 is 11.3 Å². The number of primary sulfonamides is 1. The van der Waals surface area contributed by atoms with E-state index < -0.39 is 21.6 Å². The number of benzene rings is 2. The Morgan fingerprint density at radius 2 is 1.77 bits per heavy atom. The molecule has 2 aromatic carbocycles. The van der Waals surface area contributed by atoms with Crippen molar-refractivity contribution in [2.75, 3.05) is 11.1 Å². The molecule has 0 aliphatic rings. The highest BCUT2D eigenvalue weighted by Crippen LogP contribution is 2.30. The Hall–Kier alpha value is -2.82. The maximum atomic E-state index is 13.8. The molecule has 1 heterocycles. The smallest absolute Gasteiger partial charge is 0.238 e. The van der Waals surface area contributed by atoms with Crippen LogP contribution in [0.3, 0.4) is 0 Å². The van der Waals surface area contributed by atoms with Crippen molar-refractivity contribution in [3.05, 3.63) is 64.8 Å². The second kappa shape index (κ2) is 6.83. The normalized spacial score (nSPS) is 11.3. The first-order valence-corrected chi connectivity index (χ1v) is 9.57. The summed E-state index contributed by atoms with van der Waals surface area (Å²) in [6.45, 7) is 0. The SMILES string of the molecule is Nc1nc(Nc2ccc(S(N)(=O)=O)cc2)sc1C(=O)c1ccccc1F. The van der Waals surface area contributed by atoms with E-state index in [0.29, 0.717) is 10.8 Å². The number of anilines is 3. The van der Waals surface area contributed by atoms with Crippen LogP contribution in [0.4, 0.5) is 21.0 Å². The second-order valence-electron chi connectivity index (χ2n) is 5.24. The lowest BCUT2D eigenvalue weighted by molar-refractivity contribution is 0.103. The molecule has 3 aromatic rings. The van der Waals surface area contributed by atoms with Crippen molar-refractivity contribution in [3.63, 3.8) is 0 Å². The molecule has 0 radical (unpaired) electrons. The Morgan fingerprint density at radius 3 is 2.38 bits per heavy atom. The molecule has 7 nitrogen and oxygen atoms in total. The quantitative estimate of drug-likeness (QED) is 0.572. The Labute approximate surface area is 152 Å². The van der Waals surface area contributed by atoms with Crippen LogP contribution in [0, 0.1) is 5.82 Å². The predicted octanol–water partition coefficient (Wildman–Crippen LogP) is 2.49. The lowest BCUT2D eigenvalue weighted by Gasteiger charge is -2.03. The van der Waals surface area contributed by atoms with E-state index >= 15 is 0 Å². The van der Waals surface area contributed by atoms with Crippen LogP contribution in [0.1, 0.15) is 15.2 Å². The first kappa shape index (κ1) is 18.0. The van der Waals surface area contributed by atoms with Gasteiger partial charge in [0.15, 0.2) is 5.13 Å². The fourth-order valence-electron chi connectivity index (χ4n) is 2.17. The van der Waals surface area contributed by atoms with Gasteiger partial charge in [-0.05, 0) is 36.4 Å². The molecule has 0 fully saturated rings. The first-order chi connectivity index (χ1) is 12.3. The lowest BCUT2D eigenvalue weighted by Crippen LogP contribution is -2.11. The number of carbonyl (C=O) groups excluding carboxylic acids is 1. The summed E-state index contributed by atoms with van der Waals surface area (Å²) in [5.74, 6) is -1.22. The Kier molecular flexibility index (Phi) is 4.72. The molecule has 134 valence electrons. The number of hydrogen-bond donors (Lipinski definition) is 3. The second-order valence-corrected chi connectivity index (χ2v) is 7.80. The number of hydrogen-bond acceptors (Lipinski definition) is 7. The molecule has 0 amide bonds. The number of sulfonamides is 1. The van der Waals surface area contributed by atoms with Gasteiger partial charge in [-0.1, -0.05) is 23.5 Å². The summed E-state index contributed by atoms with van der Waals surface area (Å²) in [5.41, 5.74) is 6.22. The van der Waals surface area contributed by atoms with Crippen molar-refractivity contribution < 1.29 is 17.6 Å². The molecule has 0 saturated heterocycles. The van der Waals surface area contributed by atoms with Crippen molar-refractivity contribution in [2.45, 2.75) is 4.90 Å². The van der Waals surface area contributed by atoms with Gasteiger partial charge in [-0.15, -0.1) is 0 Å². The molecule has 3 rings (SSSR count).